The molecule has 0 heterocycles. The van der Waals surface area contributed by atoms with Gasteiger partial charge in [0.15, 0.2) is 0 Å². The van der Waals surface area contributed by atoms with Crippen LogP contribution in [-0.4, -0.2) is 11.1 Å². The van der Waals surface area contributed by atoms with Gasteiger partial charge in [0.1, 0.15) is 0 Å². The predicted molar refractivity (Wildman–Crippen MR) is 60.7 cm³/mol. The van der Waals surface area contributed by atoms with Crippen molar-refractivity contribution in [1.29, 1.82) is 0 Å². The van der Waals surface area contributed by atoms with Crippen LogP contribution in [0.25, 0.3) is 0 Å². The normalized spacial score (nSPS) is 11.1. The molecule has 78 valence electrons. The highest BCUT2D eigenvalue weighted by molar-refractivity contribution is 5.86. The van der Waals surface area contributed by atoms with Gasteiger partial charge in [0.25, 0.3) is 0 Å². The summed E-state index contributed by atoms with van der Waals surface area (Å²) in [5, 5.41) is 8.87. The summed E-state index contributed by atoms with van der Waals surface area (Å²) >= 11 is 0. The maximum Gasteiger partial charge on any atom is 0.331 e. The fourth-order valence-electron chi connectivity index (χ4n) is 1.27. The Hall–Kier alpha value is -1.83. The number of hydrogen-bond donors (Lipinski definition) is 1. The van der Waals surface area contributed by atoms with Crippen LogP contribution in [0.2, 0.25) is 0 Å². The zero-order valence-electron chi connectivity index (χ0n) is 8.52. The molecular formula is C13H14O2. The van der Waals surface area contributed by atoms with Crippen LogP contribution < -0.4 is 0 Å². The lowest BCUT2D eigenvalue weighted by atomic mass is 10.1. The lowest BCUT2D eigenvalue weighted by Gasteiger charge is -1.99. The molecule has 0 aliphatic rings. The smallest absolute Gasteiger partial charge is 0.331 e. The highest BCUT2D eigenvalue weighted by atomic mass is 16.4. The van der Waals surface area contributed by atoms with Crippen molar-refractivity contribution < 1.29 is 9.90 Å². The molecule has 0 aliphatic heterocycles. The molecule has 0 unspecified atom stereocenters. The second kappa shape index (κ2) is 5.81. The molecule has 0 aromatic heterocycles. The first-order chi connectivity index (χ1) is 7.24. The third-order valence-electron chi connectivity index (χ3n) is 2.07. The van der Waals surface area contributed by atoms with E-state index < -0.39 is 5.97 Å². The van der Waals surface area contributed by atoms with Crippen molar-refractivity contribution in [2.75, 3.05) is 0 Å². The van der Waals surface area contributed by atoms with Gasteiger partial charge >= 0.3 is 5.97 Å². The summed E-state index contributed by atoms with van der Waals surface area (Å²) in [6.45, 7) is 3.53. The number of allylic oxidation sites excluding steroid dienone is 2. The summed E-state index contributed by atoms with van der Waals surface area (Å²) in [5.41, 5.74) is 1.51. The molecule has 1 rings (SSSR count). The average molecular weight is 202 g/mol. The van der Waals surface area contributed by atoms with Gasteiger partial charge < -0.3 is 5.11 Å². The Bertz CT molecular complexity index is 363. The van der Waals surface area contributed by atoms with Crippen LogP contribution in [-0.2, 0) is 11.2 Å². The summed E-state index contributed by atoms with van der Waals surface area (Å²) in [4.78, 5) is 10.8. The molecule has 1 aromatic rings. The van der Waals surface area contributed by atoms with Gasteiger partial charge in [0.2, 0.25) is 0 Å². The van der Waals surface area contributed by atoms with E-state index in [-0.39, 0.29) is 0 Å². The first-order valence-electron chi connectivity index (χ1n) is 4.81. The molecule has 0 bridgehead atoms. The second-order valence-electron chi connectivity index (χ2n) is 3.22. The zero-order valence-corrected chi connectivity index (χ0v) is 8.52. The van der Waals surface area contributed by atoms with E-state index in [1.807, 2.05) is 30.3 Å². The van der Waals surface area contributed by atoms with E-state index in [0.717, 1.165) is 5.56 Å². The van der Waals surface area contributed by atoms with E-state index in [4.69, 9.17) is 5.11 Å². The van der Waals surface area contributed by atoms with Crippen LogP contribution in [0, 0.1) is 0 Å². The molecule has 0 saturated carbocycles. The molecule has 1 aromatic carbocycles. The van der Waals surface area contributed by atoms with Gasteiger partial charge in [0, 0.05) is 5.57 Å². The number of aliphatic carboxylic acids is 1. The van der Waals surface area contributed by atoms with E-state index in [2.05, 4.69) is 6.58 Å². The molecule has 0 spiro atoms. The minimum Gasteiger partial charge on any atom is -0.478 e. The highest BCUT2D eigenvalue weighted by Crippen LogP contribution is 2.07. The SMILES string of the molecule is C=CC/C(=C\Cc1ccccc1)C(=O)O. The van der Waals surface area contributed by atoms with Crippen LogP contribution in [0.15, 0.2) is 54.6 Å². The Morgan fingerprint density at radius 2 is 2.00 bits per heavy atom. The highest BCUT2D eigenvalue weighted by Gasteiger charge is 2.03. The third-order valence-corrected chi connectivity index (χ3v) is 2.07. The van der Waals surface area contributed by atoms with E-state index in [1.54, 1.807) is 12.2 Å². The van der Waals surface area contributed by atoms with Crippen molar-refractivity contribution in [2.24, 2.45) is 0 Å². The largest absolute Gasteiger partial charge is 0.478 e. The fourth-order valence-corrected chi connectivity index (χ4v) is 1.27. The first-order valence-corrected chi connectivity index (χ1v) is 4.81. The standard InChI is InChI=1S/C13H14O2/c1-2-6-12(13(14)15)10-9-11-7-4-3-5-8-11/h2-5,7-8,10H,1,6,9H2,(H,14,15)/b12-10+. The molecule has 0 amide bonds. The first kappa shape index (κ1) is 11.2. The van der Waals surface area contributed by atoms with Crippen LogP contribution in [0.4, 0.5) is 0 Å². The van der Waals surface area contributed by atoms with E-state index >= 15 is 0 Å². The summed E-state index contributed by atoms with van der Waals surface area (Å²) in [6.07, 6.45) is 4.39. The average Bonchev–Trinajstić information content (AvgIpc) is 2.25. The number of rotatable bonds is 5. The number of carboxylic acids is 1. The van der Waals surface area contributed by atoms with E-state index in [9.17, 15) is 4.79 Å². The Morgan fingerprint density at radius 1 is 1.33 bits per heavy atom. The molecule has 0 radical (unpaired) electrons. The topological polar surface area (TPSA) is 37.3 Å². The summed E-state index contributed by atoms with van der Waals surface area (Å²) in [7, 11) is 0. The molecule has 1 N–H and O–H groups in total. The van der Waals surface area contributed by atoms with Gasteiger partial charge in [-0.2, -0.15) is 0 Å². The lowest BCUT2D eigenvalue weighted by molar-refractivity contribution is -0.132. The van der Waals surface area contributed by atoms with E-state index in [1.165, 1.54) is 0 Å². The van der Waals surface area contributed by atoms with Gasteiger partial charge in [-0.25, -0.2) is 4.79 Å². The van der Waals surface area contributed by atoms with Crippen LogP contribution in [0.5, 0.6) is 0 Å². The van der Waals surface area contributed by atoms with E-state index in [0.29, 0.717) is 18.4 Å². The molecule has 0 aliphatic carbocycles. The molecule has 2 nitrogen and oxygen atoms in total. The van der Waals surface area contributed by atoms with Gasteiger partial charge in [-0.05, 0) is 18.4 Å². The van der Waals surface area contributed by atoms with Gasteiger partial charge in [0.05, 0.1) is 0 Å². The molecule has 0 atom stereocenters. The zero-order chi connectivity index (χ0) is 11.1. The molecule has 2 heteroatoms. The Morgan fingerprint density at radius 3 is 2.53 bits per heavy atom. The summed E-state index contributed by atoms with van der Waals surface area (Å²) < 4.78 is 0. The van der Waals surface area contributed by atoms with Crippen molar-refractivity contribution in [3.63, 3.8) is 0 Å². The number of hydrogen-bond acceptors (Lipinski definition) is 1. The van der Waals surface area contributed by atoms with Gasteiger partial charge in [-0.1, -0.05) is 42.5 Å². The Kier molecular flexibility index (Phi) is 4.35. The minimum absolute atomic E-state index is 0.397. The Labute approximate surface area is 89.6 Å². The predicted octanol–water partition coefficient (Wildman–Crippen LogP) is 2.82. The summed E-state index contributed by atoms with van der Waals surface area (Å²) in [5.74, 6) is -0.870. The van der Waals surface area contributed by atoms with Crippen molar-refractivity contribution in [3.8, 4) is 0 Å². The van der Waals surface area contributed by atoms with Crippen LogP contribution >= 0.6 is 0 Å². The molecule has 0 fully saturated rings. The lowest BCUT2D eigenvalue weighted by Crippen LogP contribution is -2.00. The summed E-state index contributed by atoms with van der Waals surface area (Å²) in [6, 6.07) is 9.77. The Balaban J connectivity index is 2.69. The maximum atomic E-state index is 10.8. The van der Waals surface area contributed by atoms with Crippen molar-refractivity contribution in [3.05, 3.63) is 60.2 Å². The number of carbonyl (C=O) groups is 1. The van der Waals surface area contributed by atoms with Crippen molar-refractivity contribution in [2.45, 2.75) is 12.8 Å². The van der Waals surface area contributed by atoms with Crippen molar-refractivity contribution in [1.82, 2.24) is 0 Å². The number of carboxylic acid groups (broad SMARTS) is 1. The minimum atomic E-state index is -0.870. The molecule has 15 heavy (non-hydrogen) atoms. The maximum absolute atomic E-state index is 10.8. The van der Waals surface area contributed by atoms with Crippen molar-refractivity contribution >= 4 is 5.97 Å². The third kappa shape index (κ3) is 3.81. The fraction of sp³-hybridized carbons (Fsp3) is 0.154. The molecular weight excluding hydrogens is 188 g/mol. The van der Waals surface area contributed by atoms with Gasteiger partial charge in [-0.15, -0.1) is 6.58 Å². The quantitative estimate of drug-likeness (QED) is 0.589. The number of benzene rings is 1. The second-order valence-corrected chi connectivity index (χ2v) is 3.22. The van der Waals surface area contributed by atoms with Crippen LogP contribution in [0.1, 0.15) is 12.0 Å². The van der Waals surface area contributed by atoms with Crippen LogP contribution in [0.3, 0.4) is 0 Å². The van der Waals surface area contributed by atoms with Gasteiger partial charge in [-0.3, -0.25) is 0 Å². The molecule has 0 saturated heterocycles. The monoisotopic (exact) mass is 202 g/mol.